The van der Waals surface area contributed by atoms with E-state index in [0.29, 0.717) is 5.02 Å². The van der Waals surface area contributed by atoms with E-state index in [2.05, 4.69) is 37.4 Å². The average molecular weight is 314 g/mol. The van der Waals surface area contributed by atoms with Crippen LogP contribution in [0.2, 0.25) is 5.02 Å². The highest BCUT2D eigenvalue weighted by Gasteiger charge is 2.08. The third-order valence-electron chi connectivity index (χ3n) is 3.69. The Bertz CT molecular complexity index is 689. The van der Waals surface area contributed by atoms with Crippen molar-refractivity contribution < 1.29 is 4.79 Å². The van der Waals surface area contributed by atoms with Crippen LogP contribution >= 0.6 is 11.6 Å². The van der Waals surface area contributed by atoms with Crippen LogP contribution in [0.1, 0.15) is 35.2 Å². The van der Waals surface area contributed by atoms with E-state index in [4.69, 9.17) is 11.6 Å². The van der Waals surface area contributed by atoms with Gasteiger partial charge in [0.2, 0.25) is 5.91 Å². The summed E-state index contributed by atoms with van der Waals surface area (Å²) >= 11 is 5.83. The summed E-state index contributed by atoms with van der Waals surface area (Å²) in [6.07, 6.45) is 3.32. The van der Waals surface area contributed by atoms with Crippen molar-refractivity contribution in [1.29, 1.82) is 0 Å². The van der Waals surface area contributed by atoms with E-state index >= 15 is 0 Å². The minimum Gasteiger partial charge on any atom is -0.346 e. The number of rotatable bonds is 4. The Kier molecular flexibility index (Phi) is 5.40. The van der Waals surface area contributed by atoms with Crippen molar-refractivity contribution >= 4 is 23.6 Å². The molecule has 0 spiro atoms. The number of nitrogens with one attached hydrogen (secondary N) is 1. The molecule has 114 valence electrons. The van der Waals surface area contributed by atoms with Crippen LogP contribution in [0.4, 0.5) is 0 Å². The Balaban J connectivity index is 1.98. The molecule has 3 heteroatoms. The van der Waals surface area contributed by atoms with Crippen molar-refractivity contribution in [2.24, 2.45) is 0 Å². The molecule has 0 saturated carbocycles. The summed E-state index contributed by atoms with van der Waals surface area (Å²) in [4.78, 5) is 12.0. The highest BCUT2D eigenvalue weighted by atomic mass is 35.5. The fourth-order valence-electron chi connectivity index (χ4n) is 2.12. The molecule has 1 atom stereocenters. The second-order valence-electron chi connectivity index (χ2n) is 5.46. The molecule has 0 heterocycles. The zero-order chi connectivity index (χ0) is 16.1. The number of halogens is 1. The number of amides is 1. The molecule has 1 N–H and O–H groups in total. The quantitative estimate of drug-likeness (QED) is 0.803. The van der Waals surface area contributed by atoms with Crippen molar-refractivity contribution in [3.8, 4) is 0 Å². The van der Waals surface area contributed by atoms with Crippen LogP contribution in [0.15, 0.2) is 48.5 Å². The van der Waals surface area contributed by atoms with Gasteiger partial charge in [0.15, 0.2) is 0 Å². The number of hydrogen-bond acceptors (Lipinski definition) is 1. The first kappa shape index (κ1) is 16.3. The van der Waals surface area contributed by atoms with Crippen LogP contribution in [-0.4, -0.2) is 5.91 Å². The van der Waals surface area contributed by atoms with Crippen LogP contribution in [0.3, 0.4) is 0 Å². The maximum Gasteiger partial charge on any atom is 0.244 e. The molecule has 0 aliphatic carbocycles. The molecule has 0 aliphatic heterocycles. The Morgan fingerprint density at radius 1 is 1.09 bits per heavy atom. The fraction of sp³-hybridized carbons (Fsp3) is 0.211. The Morgan fingerprint density at radius 2 is 1.77 bits per heavy atom. The van der Waals surface area contributed by atoms with E-state index in [9.17, 15) is 4.79 Å². The lowest BCUT2D eigenvalue weighted by Gasteiger charge is -2.14. The summed E-state index contributed by atoms with van der Waals surface area (Å²) in [5, 5.41) is 3.66. The van der Waals surface area contributed by atoms with Crippen LogP contribution in [0, 0.1) is 13.8 Å². The lowest BCUT2D eigenvalue weighted by Crippen LogP contribution is -2.24. The van der Waals surface area contributed by atoms with Gasteiger partial charge in [0, 0.05) is 11.1 Å². The fourth-order valence-corrected chi connectivity index (χ4v) is 2.25. The Morgan fingerprint density at radius 3 is 2.41 bits per heavy atom. The summed E-state index contributed by atoms with van der Waals surface area (Å²) in [5.41, 5.74) is 4.54. The van der Waals surface area contributed by atoms with Crippen molar-refractivity contribution in [1.82, 2.24) is 5.32 Å². The largest absolute Gasteiger partial charge is 0.346 e. The van der Waals surface area contributed by atoms with E-state index in [0.717, 1.165) is 11.1 Å². The molecule has 2 rings (SSSR count). The van der Waals surface area contributed by atoms with Crippen LogP contribution in [-0.2, 0) is 4.79 Å². The van der Waals surface area contributed by atoms with Gasteiger partial charge in [-0.25, -0.2) is 0 Å². The number of carbonyl (C=O) groups excluding carboxylic acids is 1. The van der Waals surface area contributed by atoms with Gasteiger partial charge < -0.3 is 5.32 Å². The van der Waals surface area contributed by atoms with E-state index in [-0.39, 0.29) is 11.9 Å². The first-order valence-corrected chi connectivity index (χ1v) is 7.65. The van der Waals surface area contributed by atoms with Gasteiger partial charge in [0.1, 0.15) is 0 Å². The molecule has 0 aromatic heterocycles. The molecule has 1 unspecified atom stereocenters. The molecule has 22 heavy (non-hydrogen) atoms. The maximum atomic E-state index is 12.0. The summed E-state index contributed by atoms with van der Waals surface area (Å²) < 4.78 is 0. The average Bonchev–Trinajstić information content (AvgIpc) is 2.49. The Labute approximate surface area is 136 Å². The zero-order valence-corrected chi connectivity index (χ0v) is 13.8. The smallest absolute Gasteiger partial charge is 0.244 e. The molecule has 0 aliphatic rings. The second-order valence-corrected chi connectivity index (χ2v) is 5.90. The molecule has 1 amide bonds. The van der Waals surface area contributed by atoms with Gasteiger partial charge in [-0.15, -0.1) is 0 Å². The van der Waals surface area contributed by atoms with E-state index in [1.54, 1.807) is 24.3 Å². The molecule has 0 bridgehead atoms. The van der Waals surface area contributed by atoms with Crippen LogP contribution < -0.4 is 5.32 Å². The second kappa shape index (κ2) is 7.28. The van der Waals surface area contributed by atoms with Gasteiger partial charge in [0.25, 0.3) is 0 Å². The van der Waals surface area contributed by atoms with Crippen LogP contribution in [0.25, 0.3) is 6.08 Å². The van der Waals surface area contributed by atoms with Crippen molar-refractivity contribution in [2.45, 2.75) is 26.8 Å². The van der Waals surface area contributed by atoms with E-state index in [1.807, 2.05) is 19.1 Å². The summed E-state index contributed by atoms with van der Waals surface area (Å²) in [6, 6.07) is 13.6. The predicted octanol–water partition coefficient (Wildman–Crippen LogP) is 4.85. The lowest BCUT2D eigenvalue weighted by atomic mass is 10.0. The van der Waals surface area contributed by atoms with Gasteiger partial charge in [-0.1, -0.05) is 41.9 Å². The first-order chi connectivity index (χ1) is 10.5. The topological polar surface area (TPSA) is 29.1 Å². The molecule has 2 aromatic carbocycles. The predicted molar refractivity (Wildman–Crippen MR) is 93.0 cm³/mol. The van der Waals surface area contributed by atoms with Gasteiger partial charge in [-0.2, -0.15) is 0 Å². The molecule has 2 nitrogen and oxygen atoms in total. The number of aryl methyl sites for hydroxylation is 2. The van der Waals surface area contributed by atoms with Crippen molar-refractivity contribution in [3.05, 3.63) is 75.8 Å². The maximum absolute atomic E-state index is 12.0. The number of benzene rings is 2. The Hall–Kier alpha value is -2.06. The third-order valence-corrected chi connectivity index (χ3v) is 3.94. The third kappa shape index (κ3) is 4.47. The monoisotopic (exact) mass is 313 g/mol. The standard InChI is InChI=1S/C19H20ClNO/c1-13-4-8-17(12-14(13)2)15(3)21-19(22)11-7-16-5-9-18(20)10-6-16/h4-12,15H,1-3H3,(H,21,22)/b11-7+. The zero-order valence-electron chi connectivity index (χ0n) is 13.1. The molecule has 2 aromatic rings. The number of hydrogen-bond donors (Lipinski definition) is 1. The lowest BCUT2D eigenvalue weighted by molar-refractivity contribution is -0.117. The normalized spacial score (nSPS) is 12.4. The van der Waals surface area contributed by atoms with Gasteiger partial charge in [-0.05, 0) is 61.2 Å². The van der Waals surface area contributed by atoms with Gasteiger partial charge in [-0.3, -0.25) is 4.79 Å². The molecule has 0 radical (unpaired) electrons. The molecular weight excluding hydrogens is 294 g/mol. The van der Waals surface area contributed by atoms with E-state index in [1.165, 1.54) is 11.1 Å². The van der Waals surface area contributed by atoms with Gasteiger partial charge >= 0.3 is 0 Å². The van der Waals surface area contributed by atoms with Crippen molar-refractivity contribution in [2.75, 3.05) is 0 Å². The molecular formula is C19H20ClNO. The summed E-state index contributed by atoms with van der Waals surface area (Å²) in [6.45, 7) is 6.14. The summed E-state index contributed by atoms with van der Waals surface area (Å²) in [5.74, 6) is -0.110. The van der Waals surface area contributed by atoms with Crippen molar-refractivity contribution in [3.63, 3.8) is 0 Å². The first-order valence-electron chi connectivity index (χ1n) is 7.27. The number of carbonyl (C=O) groups is 1. The van der Waals surface area contributed by atoms with Gasteiger partial charge in [0.05, 0.1) is 6.04 Å². The highest BCUT2D eigenvalue weighted by Crippen LogP contribution is 2.17. The minimum atomic E-state index is -0.110. The minimum absolute atomic E-state index is 0.0262. The van der Waals surface area contributed by atoms with E-state index < -0.39 is 0 Å². The van der Waals surface area contributed by atoms with Crippen LogP contribution in [0.5, 0.6) is 0 Å². The molecule has 0 fully saturated rings. The highest BCUT2D eigenvalue weighted by molar-refractivity contribution is 6.30. The summed E-state index contributed by atoms with van der Waals surface area (Å²) in [7, 11) is 0. The molecule has 0 saturated heterocycles. The SMILES string of the molecule is Cc1ccc(C(C)NC(=O)/C=C/c2ccc(Cl)cc2)cc1C.